The summed E-state index contributed by atoms with van der Waals surface area (Å²) in [7, 11) is 2.12. The molecule has 1 N–H and O–H groups in total. The lowest BCUT2D eigenvalue weighted by Crippen LogP contribution is -2.32. The summed E-state index contributed by atoms with van der Waals surface area (Å²) in [6.45, 7) is 5.63. The third-order valence-corrected chi connectivity index (χ3v) is 4.56. The Balaban J connectivity index is 1.63. The van der Waals surface area contributed by atoms with Gasteiger partial charge in [0.05, 0.1) is 0 Å². The molecule has 2 heterocycles. The largest absolute Gasteiger partial charge is 0.348 e. The zero-order chi connectivity index (χ0) is 14.8. The number of carbonyl (C=O) groups excluding carboxylic acids is 1. The number of aryl methyl sites for hydroxylation is 1. The monoisotopic (exact) mass is 285 g/mol. The summed E-state index contributed by atoms with van der Waals surface area (Å²) in [6.07, 6.45) is 1.74. The number of nitrogens with zero attached hydrogens (tertiary/aromatic N) is 2. The summed E-state index contributed by atoms with van der Waals surface area (Å²) < 4.78 is 2.25. The van der Waals surface area contributed by atoms with Gasteiger partial charge in [-0.25, -0.2) is 0 Å². The van der Waals surface area contributed by atoms with Crippen LogP contribution in [0.15, 0.2) is 24.3 Å². The highest BCUT2D eigenvalue weighted by Crippen LogP contribution is 2.24. The average molecular weight is 285 g/mol. The molecule has 2 aromatic rings. The molecule has 1 aliphatic rings. The van der Waals surface area contributed by atoms with Gasteiger partial charge in [-0.15, -0.1) is 0 Å². The van der Waals surface area contributed by atoms with Crippen LogP contribution >= 0.6 is 0 Å². The van der Waals surface area contributed by atoms with E-state index in [1.54, 1.807) is 0 Å². The molecule has 0 radical (unpaired) electrons. The van der Waals surface area contributed by atoms with Crippen molar-refractivity contribution in [3.8, 4) is 0 Å². The predicted molar refractivity (Wildman–Crippen MR) is 85.2 cm³/mol. The number of amides is 1. The lowest BCUT2D eigenvalue weighted by Gasteiger charge is -2.15. The number of para-hydroxylation sites is 1. The van der Waals surface area contributed by atoms with Crippen molar-refractivity contribution in [1.82, 2.24) is 14.8 Å². The van der Waals surface area contributed by atoms with Crippen molar-refractivity contribution in [1.29, 1.82) is 0 Å². The van der Waals surface area contributed by atoms with Crippen molar-refractivity contribution in [2.24, 2.45) is 7.05 Å². The highest BCUT2D eigenvalue weighted by atomic mass is 16.2. The Morgan fingerprint density at radius 2 is 2.10 bits per heavy atom. The van der Waals surface area contributed by atoms with Gasteiger partial charge < -0.3 is 14.8 Å². The SMILES string of the molecule is Cc1c(CNCCN2CCCC2=O)c2ccccc2n1C. The van der Waals surface area contributed by atoms with Gasteiger partial charge in [0.2, 0.25) is 5.91 Å². The van der Waals surface area contributed by atoms with Crippen molar-refractivity contribution in [3.63, 3.8) is 0 Å². The van der Waals surface area contributed by atoms with E-state index in [0.717, 1.165) is 39.0 Å². The summed E-state index contributed by atoms with van der Waals surface area (Å²) >= 11 is 0. The molecule has 4 nitrogen and oxygen atoms in total. The molecule has 0 spiro atoms. The maximum Gasteiger partial charge on any atom is 0.222 e. The van der Waals surface area contributed by atoms with E-state index < -0.39 is 0 Å². The van der Waals surface area contributed by atoms with Crippen molar-refractivity contribution in [2.75, 3.05) is 19.6 Å². The molecule has 0 saturated carbocycles. The van der Waals surface area contributed by atoms with Gasteiger partial charge in [-0.1, -0.05) is 18.2 Å². The van der Waals surface area contributed by atoms with Crippen LogP contribution in [0.4, 0.5) is 0 Å². The van der Waals surface area contributed by atoms with E-state index in [1.165, 1.54) is 22.2 Å². The zero-order valence-electron chi connectivity index (χ0n) is 12.9. The first-order valence-corrected chi connectivity index (χ1v) is 7.70. The number of rotatable bonds is 5. The van der Waals surface area contributed by atoms with Crippen molar-refractivity contribution in [3.05, 3.63) is 35.5 Å². The third-order valence-electron chi connectivity index (χ3n) is 4.56. The number of fused-ring (bicyclic) bond motifs is 1. The van der Waals surface area contributed by atoms with Gasteiger partial charge >= 0.3 is 0 Å². The first kappa shape index (κ1) is 14.1. The number of carbonyl (C=O) groups is 1. The standard InChI is InChI=1S/C17H23N3O/c1-13-15(14-6-3-4-7-16(14)19(13)2)12-18-9-11-20-10-5-8-17(20)21/h3-4,6-7,18H,5,8-12H2,1-2H3. The molecule has 1 aromatic carbocycles. The normalized spacial score (nSPS) is 15.3. The second kappa shape index (κ2) is 5.90. The van der Waals surface area contributed by atoms with Crippen LogP contribution in [0.3, 0.4) is 0 Å². The van der Waals surface area contributed by atoms with Crippen LogP contribution < -0.4 is 5.32 Å². The van der Waals surface area contributed by atoms with E-state index in [2.05, 4.69) is 48.1 Å². The van der Waals surface area contributed by atoms with Gasteiger partial charge in [0.15, 0.2) is 0 Å². The number of hydrogen-bond donors (Lipinski definition) is 1. The summed E-state index contributed by atoms with van der Waals surface area (Å²) in [6, 6.07) is 8.52. The smallest absolute Gasteiger partial charge is 0.222 e. The van der Waals surface area contributed by atoms with Crippen LogP contribution in [-0.2, 0) is 18.4 Å². The number of hydrogen-bond acceptors (Lipinski definition) is 2. The quantitative estimate of drug-likeness (QED) is 0.855. The molecule has 0 unspecified atom stereocenters. The molecular formula is C17H23N3O. The Morgan fingerprint density at radius 3 is 2.86 bits per heavy atom. The second-order valence-corrected chi connectivity index (χ2v) is 5.80. The van der Waals surface area contributed by atoms with E-state index in [0.29, 0.717) is 5.91 Å². The Bertz CT molecular complexity index is 659. The lowest BCUT2D eigenvalue weighted by molar-refractivity contribution is -0.127. The number of benzene rings is 1. The maximum absolute atomic E-state index is 11.6. The summed E-state index contributed by atoms with van der Waals surface area (Å²) in [5, 5.41) is 4.81. The minimum absolute atomic E-state index is 0.304. The van der Waals surface area contributed by atoms with Gasteiger partial charge in [0.25, 0.3) is 0 Å². The van der Waals surface area contributed by atoms with Crippen LogP contribution in [-0.4, -0.2) is 35.0 Å². The Kier molecular flexibility index (Phi) is 3.97. The molecule has 21 heavy (non-hydrogen) atoms. The number of nitrogens with one attached hydrogen (secondary N) is 1. The fraction of sp³-hybridized carbons (Fsp3) is 0.471. The highest BCUT2D eigenvalue weighted by molar-refractivity contribution is 5.85. The molecule has 1 aromatic heterocycles. The van der Waals surface area contributed by atoms with Gasteiger partial charge in [-0.3, -0.25) is 4.79 Å². The zero-order valence-corrected chi connectivity index (χ0v) is 12.9. The summed E-state index contributed by atoms with van der Waals surface area (Å²) in [4.78, 5) is 13.5. The number of likely N-dealkylation sites (tertiary alicyclic amines) is 1. The van der Waals surface area contributed by atoms with Crippen molar-refractivity contribution >= 4 is 16.8 Å². The molecular weight excluding hydrogens is 262 g/mol. The van der Waals surface area contributed by atoms with E-state index in [1.807, 2.05) is 4.90 Å². The van der Waals surface area contributed by atoms with Gasteiger partial charge in [0, 0.05) is 56.2 Å². The fourth-order valence-corrected chi connectivity index (χ4v) is 3.19. The molecule has 3 rings (SSSR count). The molecule has 0 atom stereocenters. The van der Waals surface area contributed by atoms with Gasteiger partial charge in [-0.05, 0) is 25.0 Å². The Hall–Kier alpha value is -1.81. The third kappa shape index (κ3) is 2.68. The predicted octanol–water partition coefficient (Wildman–Crippen LogP) is 2.20. The summed E-state index contributed by atoms with van der Waals surface area (Å²) in [5.74, 6) is 0.304. The van der Waals surface area contributed by atoms with E-state index in [9.17, 15) is 4.79 Å². The van der Waals surface area contributed by atoms with Crippen LogP contribution in [0.5, 0.6) is 0 Å². The molecule has 112 valence electrons. The molecule has 1 aliphatic heterocycles. The first-order chi connectivity index (χ1) is 10.2. The summed E-state index contributed by atoms with van der Waals surface area (Å²) in [5.41, 5.74) is 3.95. The molecule has 0 bridgehead atoms. The molecule has 4 heteroatoms. The van der Waals surface area contributed by atoms with Crippen LogP contribution in [0.25, 0.3) is 10.9 Å². The van der Waals surface area contributed by atoms with Crippen LogP contribution in [0, 0.1) is 6.92 Å². The average Bonchev–Trinajstić information content (AvgIpc) is 3.00. The van der Waals surface area contributed by atoms with E-state index >= 15 is 0 Å². The lowest BCUT2D eigenvalue weighted by atomic mass is 10.1. The second-order valence-electron chi connectivity index (χ2n) is 5.80. The Labute approximate surface area is 125 Å². The van der Waals surface area contributed by atoms with E-state index in [-0.39, 0.29) is 0 Å². The Morgan fingerprint density at radius 1 is 1.29 bits per heavy atom. The highest BCUT2D eigenvalue weighted by Gasteiger charge is 2.19. The fourth-order valence-electron chi connectivity index (χ4n) is 3.19. The molecule has 1 saturated heterocycles. The molecule has 0 aliphatic carbocycles. The first-order valence-electron chi connectivity index (χ1n) is 7.70. The van der Waals surface area contributed by atoms with Gasteiger partial charge in [0.1, 0.15) is 0 Å². The number of aromatic nitrogens is 1. The molecule has 1 fully saturated rings. The van der Waals surface area contributed by atoms with Gasteiger partial charge in [-0.2, -0.15) is 0 Å². The van der Waals surface area contributed by atoms with E-state index in [4.69, 9.17) is 0 Å². The molecule has 1 amide bonds. The van der Waals surface area contributed by atoms with Crippen LogP contribution in [0.1, 0.15) is 24.1 Å². The van der Waals surface area contributed by atoms with Crippen molar-refractivity contribution in [2.45, 2.75) is 26.3 Å². The van der Waals surface area contributed by atoms with Crippen LogP contribution in [0.2, 0.25) is 0 Å². The minimum Gasteiger partial charge on any atom is -0.348 e. The maximum atomic E-state index is 11.6. The topological polar surface area (TPSA) is 37.3 Å². The minimum atomic E-state index is 0.304. The van der Waals surface area contributed by atoms with Crippen molar-refractivity contribution < 1.29 is 4.79 Å².